The number of esters is 1. The Hall–Kier alpha value is -3.96. The van der Waals surface area contributed by atoms with E-state index in [4.69, 9.17) is 14.2 Å². The summed E-state index contributed by atoms with van der Waals surface area (Å²) in [4.78, 5) is 23.5. The van der Waals surface area contributed by atoms with Crippen molar-refractivity contribution in [2.24, 2.45) is 0 Å². The molecule has 11 heteroatoms. The predicted molar refractivity (Wildman–Crippen MR) is 140 cm³/mol. The second kappa shape index (κ2) is 12.8. The molecule has 1 N–H and O–H groups in total. The van der Waals surface area contributed by atoms with Crippen molar-refractivity contribution in [3.8, 4) is 17.2 Å². The molecule has 196 valence electrons. The molecule has 10 nitrogen and oxygen atoms in total. The summed E-state index contributed by atoms with van der Waals surface area (Å²) in [5.74, 6) is -0.209. The summed E-state index contributed by atoms with van der Waals surface area (Å²) in [6.45, 7) is 4.26. The van der Waals surface area contributed by atoms with Crippen LogP contribution in [0.1, 0.15) is 42.1 Å². The molecule has 0 aliphatic rings. The first-order valence-corrected chi connectivity index (χ1v) is 12.6. The number of carbonyl (C=O) groups excluding carboxylic acids is 1. The van der Waals surface area contributed by atoms with Crippen LogP contribution in [0.15, 0.2) is 60.7 Å². The maximum Gasteiger partial charge on any atom is 0.340 e. The van der Waals surface area contributed by atoms with Gasteiger partial charge in [0.05, 0.1) is 35.6 Å². The number of ether oxygens (including phenoxy) is 3. The van der Waals surface area contributed by atoms with E-state index in [9.17, 15) is 23.7 Å². The van der Waals surface area contributed by atoms with Gasteiger partial charge in [0.25, 0.3) is 11.3 Å². The van der Waals surface area contributed by atoms with E-state index < -0.39 is 22.2 Å². The Morgan fingerprint density at radius 2 is 1.73 bits per heavy atom. The maximum atomic E-state index is 12.6. The third kappa shape index (κ3) is 7.05. The van der Waals surface area contributed by atoms with Crippen molar-refractivity contribution in [2.45, 2.75) is 33.1 Å². The van der Waals surface area contributed by atoms with Crippen LogP contribution in [0.25, 0.3) is 0 Å². The lowest BCUT2D eigenvalue weighted by Gasteiger charge is -2.23. The van der Waals surface area contributed by atoms with Crippen LogP contribution in [-0.4, -0.2) is 33.4 Å². The Morgan fingerprint density at radius 3 is 2.35 bits per heavy atom. The molecule has 0 spiro atoms. The molecule has 0 radical (unpaired) electrons. The molecule has 0 saturated heterocycles. The van der Waals surface area contributed by atoms with E-state index in [2.05, 4.69) is 0 Å². The van der Waals surface area contributed by atoms with Crippen LogP contribution in [0.2, 0.25) is 0 Å². The summed E-state index contributed by atoms with van der Waals surface area (Å²) in [6, 6.07) is 15.3. The molecule has 0 aliphatic carbocycles. The molecule has 0 aliphatic heterocycles. The maximum absolute atomic E-state index is 12.6. The largest absolute Gasteiger partial charge is 0.487 e. The standard InChI is InChI=1S/C26H28N2O8S/c1-4-5-6-15-35-25-17-21(12-14-24(25)28(30)31)36-20-11-13-23(22(16-20)26(29)34-3)27(37(32)33)19-9-7-18(2)8-10-19/h7-14,16-17H,4-6,15H2,1-3H3,(H,32,33). The molecule has 0 heterocycles. The zero-order valence-electron chi connectivity index (χ0n) is 20.7. The first kappa shape index (κ1) is 27.6. The summed E-state index contributed by atoms with van der Waals surface area (Å²) in [6.07, 6.45) is 2.68. The summed E-state index contributed by atoms with van der Waals surface area (Å²) in [7, 11) is 1.20. The number of benzene rings is 3. The average molecular weight is 529 g/mol. The van der Waals surface area contributed by atoms with Crippen LogP contribution in [0.3, 0.4) is 0 Å². The summed E-state index contributed by atoms with van der Waals surface area (Å²) >= 11 is -2.50. The van der Waals surface area contributed by atoms with E-state index in [1.165, 1.54) is 43.5 Å². The van der Waals surface area contributed by atoms with Crippen molar-refractivity contribution in [3.63, 3.8) is 0 Å². The minimum atomic E-state index is -2.50. The van der Waals surface area contributed by atoms with Gasteiger partial charge in [0.2, 0.25) is 5.75 Å². The SMILES string of the molecule is CCCCCOc1cc(Oc2ccc(N(c3ccc(C)cc3)S(=O)O)c(C(=O)OC)c2)ccc1[N+](=O)[O-]. The lowest BCUT2D eigenvalue weighted by molar-refractivity contribution is -0.385. The van der Waals surface area contributed by atoms with Crippen molar-refractivity contribution in [1.29, 1.82) is 0 Å². The van der Waals surface area contributed by atoms with Gasteiger partial charge in [-0.3, -0.25) is 14.7 Å². The number of unbranched alkanes of at least 4 members (excludes halogenated alkanes) is 2. The minimum Gasteiger partial charge on any atom is -0.487 e. The minimum absolute atomic E-state index is 0.0130. The lowest BCUT2D eigenvalue weighted by Crippen LogP contribution is -2.22. The Morgan fingerprint density at radius 1 is 1.05 bits per heavy atom. The molecule has 3 aromatic rings. The predicted octanol–water partition coefficient (Wildman–Crippen LogP) is 6.33. The van der Waals surface area contributed by atoms with Crippen LogP contribution < -0.4 is 13.8 Å². The lowest BCUT2D eigenvalue weighted by atomic mass is 10.1. The van der Waals surface area contributed by atoms with Gasteiger partial charge in [-0.1, -0.05) is 37.5 Å². The molecule has 0 saturated carbocycles. The van der Waals surface area contributed by atoms with Crippen LogP contribution in [0.4, 0.5) is 17.1 Å². The molecule has 3 aromatic carbocycles. The molecule has 0 fully saturated rings. The van der Waals surface area contributed by atoms with E-state index in [-0.39, 0.29) is 34.2 Å². The number of anilines is 2. The van der Waals surface area contributed by atoms with Crippen LogP contribution in [0.5, 0.6) is 17.2 Å². The molecule has 1 atom stereocenters. The van der Waals surface area contributed by atoms with Gasteiger partial charge in [-0.25, -0.2) is 13.3 Å². The van der Waals surface area contributed by atoms with Gasteiger partial charge in [-0.15, -0.1) is 0 Å². The van der Waals surface area contributed by atoms with Crippen molar-refractivity contribution >= 4 is 34.3 Å². The summed E-state index contributed by atoms with van der Waals surface area (Å²) < 4.78 is 39.8. The van der Waals surface area contributed by atoms with Crippen molar-refractivity contribution in [2.75, 3.05) is 18.0 Å². The first-order chi connectivity index (χ1) is 17.7. The number of hydrogen-bond donors (Lipinski definition) is 1. The van der Waals surface area contributed by atoms with Gasteiger partial charge in [-0.05, 0) is 49.7 Å². The van der Waals surface area contributed by atoms with Gasteiger partial charge in [0.1, 0.15) is 11.5 Å². The second-order valence-corrected chi connectivity index (χ2v) is 8.90. The summed E-state index contributed by atoms with van der Waals surface area (Å²) in [5.41, 5.74) is 1.29. The number of hydrogen-bond acceptors (Lipinski definition) is 7. The third-order valence-corrected chi connectivity index (χ3v) is 6.11. The summed E-state index contributed by atoms with van der Waals surface area (Å²) in [5, 5.41) is 11.4. The Kier molecular flexibility index (Phi) is 9.58. The van der Waals surface area contributed by atoms with Crippen LogP contribution in [0, 0.1) is 17.0 Å². The fraction of sp³-hybridized carbons (Fsp3) is 0.269. The molecule has 0 aromatic heterocycles. The van der Waals surface area contributed by atoms with E-state index in [1.807, 2.05) is 13.8 Å². The molecule has 1 unspecified atom stereocenters. The Labute approximate surface area is 217 Å². The van der Waals surface area contributed by atoms with Crippen molar-refractivity contribution < 1.29 is 32.7 Å². The third-order valence-electron chi connectivity index (χ3n) is 5.39. The number of carbonyl (C=O) groups is 1. The topological polar surface area (TPSA) is 128 Å². The molecule has 0 amide bonds. The van der Waals surface area contributed by atoms with Crippen LogP contribution in [-0.2, 0) is 16.0 Å². The highest BCUT2D eigenvalue weighted by atomic mass is 32.2. The van der Waals surface area contributed by atoms with Crippen LogP contribution >= 0.6 is 0 Å². The zero-order chi connectivity index (χ0) is 26.9. The fourth-order valence-corrected chi connectivity index (χ4v) is 4.15. The quantitative estimate of drug-likeness (QED) is 0.0950. The number of rotatable bonds is 12. The van der Waals surface area contributed by atoms with E-state index >= 15 is 0 Å². The zero-order valence-corrected chi connectivity index (χ0v) is 21.5. The molecule has 0 bridgehead atoms. The second-order valence-electron chi connectivity index (χ2n) is 8.08. The normalized spacial score (nSPS) is 11.5. The molecule has 3 rings (SSSR count). The first-order valence-electron chi connectivity index (χ1n) is 11.5. The Balaban J connectivity index is 1.96. The molecular weight excluding hydrogens is 500 g/mol. The van der Waals surface area contributed by atoms with Gasteiger partial charge in [0.15, 0.2) is 0 Å². The van der Waals surface area contributed by atoms with E-state index in [0.717, 1.165) is 29.1 Å². The van der Waals surface area contributed by atoms with Gasteiger partial charge in [0, 0.05) is 12.1 Å². The average Bonchev–Trinajstić information content (AvgIpc) is 2.88. The van der Waals surface area contributed by atoms with E-state index in [0.29, 0.717) is 12.3 Å². The van der Waals surface area contributed by atoms with Gasteiger partial charge < -0.3 is 14.2 Å². The van der Waals surface area contributed by atoms with Gasteiger partial charge >= 0.3 is 11.7 Å². The smallest absolute Gasteiger partial charge is 0.340 e. The number of nitrogens with zero attached hydrogens (tertiary/aromatic N) is 2. The van der Waals surface area contributed by atoms with Crippen molar-refractivity contribution in [1.82, 2.24) is 0 Å². The highest BCUT2D eigenvalue weighted by Crippen LogP contribution is 2.37. The van der Waals surface area contributed by atoms with E-state index in [1.54, 1.807) is 24.3 Å². The monoisotopic (exact) mass is 528 g/mol. The van der Waals surface area contributed by atoms with Crippen molar-refractivity contribution in [3.05, 3.63) is 81.9 Å². The van der Waals surface area contributed by atoms with Gasteiger partial charge in [-0.2, -0.15) is 0 Å². The Bertz CT molecular complexity index is 1280. The molecular formula is C26H28N2O8S. The molecule has 37 heavy (non-hydrogen) atoms. The number of aryl methyl sites for hydroxylation is 1. The number of nitro benzene ring substituents is 1. The highest BCUT2D eigenvalue weighted by molar-refractivity contribution is 7.81. The fourth-order valence-electron chi connectivity index (χ4n) is 3.52. The number of nitro groups is 1. The highest BCUT2D eigenvalue weighted by Gasteiger charge is 2.24. The number of methoxy groups -OCH3 is 1.